The number of allylic oxidation sites excluding steroid dienone is 4. The van der Waals surface area contributed by atoms with Crippen LogP contribution in [0, 0.1) is 0 Å². The van der Waals surface area contributed by atoms with E-state index in [2.05, 4.69) is 15.9 Å². The molecule has 1 aromatic rings. The lowest BCUT2D eigenvalue weighted by Crippen LogP contribution is -1.92. The molecule has 0 unspecified atom stereocenters. The molecule has 0 saturated heterocycles. The van der Waals surface area contributed by atoms with Crippen LogP contribution in [0.1, 0.15) is 28.8 Å². The van der Waals surface area contributed by atoms with Gasteiger partial charge >= 0.3 is 0 Å². The molecule has 0 radical (unpaired) electrons. The average molecular weight is 298 g/mol. The zero-order valence-electron chi connectivity index (χ0n) is 8.54. The molecule has 0 bridgehead atoms. The zero-order valence-corrected chi connectivity index (χ0v) is 10.9. The molecule has 0 heterocycles. The molecule has 0 N–H and O–H groups in total. The van der Waals surface area contributed by atoms with Crippen molar-refractivity contribution in [1.29, 1.82) is 0 Å². The van der Waals surface area contributed by atoms with Crippen LogP contribution in [0.25, 0.3) is 5.57 Å². The summed E-state index contributed by atoms with van der Waals surface area (Å²) < 4.78 is 0.830. The smallest absolute Gasteiger partial charge is 0.151 e. The molecular formula is C13H10BrClO. The molecule has 0 aliphatic heterocycles. The van der Waals surface area contributed by atoms with Gasteiger partial charge in [-0.05, 0) is 42.2 Å². The van der Waals surface area contributed by atoms with Gasteiger partial charge in [0.05, 0.1) is 0 Å². The first-order valence-electron chi connectivity index (χ1n) is 5.01. The highest BCUT2D eigenvalue weighted by molar-refractivity contribution is 9.10. The average Bonchev–Trinajstić information content (AvgIpc) is 2.31. The number of benzene rings is 1. The Morgan fingerprint density at radius 1 is 1.25 bits per heavy atom. The van der Waals surface area contributed by atoms with Gasteiger partial charge in [-0.25, -0.2) is 0 Å². The second-order valence-electron chi connectivity index (χ2n) is 3.66. The molecular weight excluding hydrogens is 287 g/mol. The van der Waals surface area contributed by atoms with Crippen molar-refractivity contribution in [3.8, 4) is 0 Å². The fraction of sp³-hybridized carbons (Fsp3) is 0.154. The van der Waals surface area contributed by atoms with Gasteiger partial charge in [0.15, 0.2) is 6.29 Å². The van der Waals surface area contributed by atoms with Crippen LogP contribution < -0.4 is 0 Å². The molecule has 0 spiro atoms. The summed E-state index contributed by atoms with van der Waals surface area (Å²) in [6.45, 7) is 0. The lowest BCUT2D eigenvalue weighted by Gasteiger charge is -2.12. The van der Waals surface area contributed by atoms with Crippen molar-refractivity contribution >= 4 is 39.4 Å². The van der Waals surface area contributed by atoms with Gasteiger partial charge in [0.2, 0.25) is 0 Å². The number of aldehydes is 1. The fourth-order valence-corrected chi connectivity index (χ4v) is 2.18. The molecule has 0 atom stereocenters. The van der Waals surface area contributed by atoms with E-state index in [0.29, 0.717) is 5.56 Å². The van der Waals surface area contributed by atoms with Gasteiger partial charge in [-0.3, -0.25) is 4.79 Å². The van der Waals surface area contributed by atoms with Gasteiger partial charge < -0.3 is 0 Å². The van der Waals surface area contributed by atoms with Crippen LogP contribution in [0.4, 0.5) is 0 Å². The molecule has 1 aromatic carbocycles. The van der Waals surface area contributed by atoms with E-state index in [1.807, 2.05) is 30.4 Å². The Morgan fingerprint density at radius 3 is 2.69 bits per heavy atom. The largest absolute Gasteiger partial charge is 0.298 e. The van der Waals surface area contributed by atoms with Crippen LogP contribution in [0.2, 0.25) is 0 Å². The summed E-state index contributed by atoms with van der Waals surface area (Å²) >= 11 is 9.25. The Hall–Kier alpha value is -0.860. The van der Waals surface area contributed by atoms with Gasteiger partial charge in [0.1, 0.15) is 0 Å². The highest BCUT2D eigenvalue weighted by atomic mass is 79.9. The fourth-order valence-electron chi connectivity index (χ4n) is 1.69. The third-order valence-corrected chi connectivity index (χ3v) is 3.63. The minimum atomic E-state index is 0.680. The van der Waals surface area contributed by atoms with Gasteiger partial charge in [0, 0.05) is 15.1 Å². The molecule has 16 heavy (non-hydrogen) atoms. The van der Waals surface area contributed by atoms with Crippen molar-refractivity contribution in [2.75, 3.05) is 0 Å². The Labute approximate surface area is 108 Å². The summed E-state index contributed by atoms with van der Waals surface area (Å²) in [7, 11) is 0. The van der Waals surface area contributed by atoms with E-state index in [-0.39, 0.29) is 0 Å². The molecule has 1 nitrogen and oxygen atoms in total. The lowest BCUT2D eigenvalue weighted by atomic mass is 9.96. The van der Waals surface area contributed by atoms with Crippen LogP contribution in [0.3, 0.4) is 0 Å². The van der Waals surface area contributed by atoms with E-state index in [1.54, 1.807) is 0 Å². The van der Waals surface area contributed by atoms with Gasteiger partial charge in [-0.15, -0.1) is 0 Å². The maximum atomic E-state index is 10.8. The minimum Gasteiger partial charge on any atom is -0.298 e. The maximum absolute atomic E-state index is 10.8. The SMILES string of the molecule is O=Cc1cc(C2=CC=C(Cl)CC2)ccc1Br. The van der Waals surface area contributed by atoms with Crippen LogP contribution in [-0.4, -0.2) is 6.29 Å². The maximum Gasteiger partial charge on any atom is 0.151 e. The van der Waals surface area contributed by atoms with Crippen molar-refractivity contribution in [1.82, 2.24) is 0 Å². The molecule has 1 aliphatic rings. The van der Waals surface area contributed by atoms with Crippen LogP contribution >= 0.6 is 27.5 Å². The van der Waals surface area contributed by atoms with Crippen molar-refractivity contribution in [2.24, 2.45) is 0 Å². The van der Waals surface area contributed by atoms with Gasteiger partial charge in [-0.1, -0.05) is 39.7 Å². The van der Waals surface area contributed by atoms with Crippen LogP contribution in [-0.2, 0) is 0 Å². The standard InChI is InChI=1S/C13H10BrClO/c14-13-6-3-10(7-11(13)8-16)9-1-4-12(15)5-2-9/h1,3-4,6-8H,2,5H2. The number of carbonyl (C=O) groups excluding carboxylic acids is 1. The summed E-state index contributed by atoms with van der Waals surface area (Å²) in [5, 5.41) is 0.886. The minimum absolute atomic E-state index is 0.680. The molecule has 1 aliphatic carbocycles. The molecule has 82 valence electrons. The van der Waals surface area contributed by atoms with Crippen LogP contribution in [0.15, 0.2) is 39.9 Å². The van der Waals surface area contributed by atoms with E-state index in [4.69, 9.17) is 11.6 Å². The number of carbonyl (C=O) groups is 1. The van der Waals surface area contributed by atoms with Crippen molar-refractivity contribution in [3.05, 3.63) is 51.0 Å². The monoisotopic (exact) mass is 296 g/mol. The van der Waals surface area contributed by atoms with Gasteiger partial charge in [0.25, 0.3) is 0 Å². The second kappa shape index (κ2) is 4.98. The van der Waals surface area contributed by atoms with E-state index in [1.165, 1.54) is 5.57 Å². The van der Waals surface area contributed by atoms with Crippen LogP contribution in [0.5, 0.6) is 0 Å². The molecule has 0 aromatic heterocycles. The Bertz CT molecular complexity index is 489. The summed E-state index contributed by atoms with van der Waals surface area (Å²) in [5.41, 5.74) is 2.99. The second-order valence-corrected chi connectivity index (χ2v) is 5.00. The summed E-state index contributed by atoms with van der Waals surface area (Å²) in [5.74, 6) is 0. The lowest BCUT2D eigenvalue weighted by molar-refractivity contribution is 0.112. The quantitative estimate of drug-likeness (QED) is 0.731. The van der Waals surface area contributed by atoms with Crippen molar-refractivity contribution in [3.63, 3.8) is 0 Å². The first kappa shape index (κ1) is 11.6. The topological polar surface area (TPSA) is 17.1 Å². The number of hydrogen-bond acceptors (Lipinski definition) is 1. The van der Waals surface area contributed by atoms with Crippen molar-refractivity contribution < 1.29 is 4.79 Å². The predicted octanol–water partition coefficient (Wildman–Crippen LogP) is 4.56. The summed E-state index contributed by atoms with van der Waals surface area (Å²) in [4.78, 5) is 10.8. The Balaban J connectivity index is 2.38. The summed E-state index contributed by atoms with van der Waals surface area (Å²) in [6, 6.07) is 5.81. The molecule has 0 amide bonds. The normalized spacial score (nSPS) is 15.4. The number of rotatable bonds is 2. The highest BCUT2D eigenvalue weighted by Crippen LogP contribution is 2.29. The number of hydrogen-bond donors (Lipinski definition) is 0. The van der Waals surface area contributed by atoms with Gasteiger partial charge in [-0.2, -0.15) is 0 Å². The predicted molar refractivity (Wildman–Crippen MR) is 70.7 cm³/mol. The molecule has 3 heteroatoms. The molecule has 0 fully saturated rings. The third kappa shape index (κ3) is 2.45. The van der Waals surface area contributed by atoms with E-state index < -0.39 is 0 Å². The number of halogens is 2. The molecule has 2 rings (SSSR count). The van der Waals surface area contributed by atoms with E-state index >= 15 is 0 Å². The van der Waals surface area contributed by atoms with Crippen molar-refractivity contribution in [2.45, 2.75) is 12.8 Å². The van der Waals surface area contributed by atoms with E-state index in [9.17, 15) is 4.79 Å². The first-order valence-corrected chi connectivity index (χ1v) is 6.18. The van der Waals surface area contributed by atoms with E-state index in [0.717, 1.165) is 34.2 Å². The first-order chi connectivity index (χ1) is 7.70. The Morgan fingerprint density at radius 2 is 2.06 bits per heavy atom. The molecule has 0 saturated carbocycles. The Kier molecular flexibility index (Phi) is 3.62. The third-order valence-electron chi connectivity index (χ3n) is 2.59. The zero-order chi connectivity index (χ0) is 11.5. The highest BCUT2D eigenvalue weighted by Gasteiger charge is 2.08. The summed E-state index contributed by atoms with van der Waals surface area (Å²) in [6.07, 6.45) is 6.60.